The smallest absolute Gasteiger partial charge is 0.0602 e. The van der Waals surface area contributed by atoms with E-state index in [1.165, 1.54) is 70.8 Å². The molecule has 26 heavy (non-hydrogen) atoms. The van der Waals surface area contributed by atoms with Crippen LogP contribution in [0.5, 0.6) is 0 Å². The van der Waals surface area contributed by atoms with Gasteiger partial charge in [-0.25, -0.2) is 0 Å². The Morgan fingerprint density at radius 3 is 2.27 bits per heavy atom. The highest BCUT2D eigenvalue weighted by atomic mass is 16.5. The molecule has 2 heteroatoms. The Morgan fingerprint density at radius 2 is 1.62 bits per heavy atom. The molecule has 3 rings (SSSR count). The van der Waals surface area contributed by atoms with Gasteiger partial charge in [-0.15, -0.1) is 0 Å². The summed E-state index contributed by atoms with van der Waals surface area (Å²) < 4.78 is 6.19. The van der Waals surface area contributed by atoms with Crippen LogP contribution in [-0.2, 0) is 4.74 Å². The molecule has 3 saturated carbocycles. The lowest BCUT2D eigenvalue weighted by atomic mass is 9.51. The maximum absolute atomic E-state index is 6.19. The minimum atomic E-state index is 0.0115. The van der Waals surface area contributed by atoms with Crippen LogP contribution in [-0.4, -0.2) is 24.3 Å². The Balaban J connectivity index is 1.43. The average Bonchev–Trinajstić information content (AvgIpc) is 2.51. The Hall–Kier alpha value is -0.0800. The molecule has 0 saturated heterocycles. The molecule has 0 aliphatic heterocycles. The predicted octanol–water partition coefficient (Wildman–Crippen LogP) is 6.34. The van der Waals surface area contributed by atoms with Gasteiger partial charge in [-0.3, -0.25) is 0 Å². The number of ether oxygens (including phenoxy) is 1. The fourth-order valence-electron chi connectivity index (χ4n) is 6.72. The first-order valence-corrected chi connectivity index (χ1v) is 11.5. The Kier molecular flexibility index (Phi) is 6.15. The second-order valence-corrected chi connectivity index (χ2v) is 11.8. The first-order valence-electron chi connectivity index (χ1n) is 11.5. The van der Waals surface area contributed by atoms with Crippen LogP contribution in [0.4, 0.5) is 0 Å². The number of rotatable bonds is 4. The van der Waals surface area contributed by atoms with Crippen LogP contribution in [0.2, 0.25) is 0 Å². The third-order valence-corrected chi connectivity index (χ3v) is 7.88. The fourth-order valence-corrected chi connectivity index (χ4v) is 6.72. The molecular weight excluding hydrogens is 318 g/mol. The highest BCUT2D eigenvalue weighted by Crippen LogP contribution is 2.57. The van der Waals surface area contributed by atoms with Gasteiger partial charge in [0, 0.05) is 6.04 Å². The standard InChI is InChI=1S/C24H45NO/c1-22(2,3)26-20-11-8-18(9-12-20)17-25-19-10-13-21-23(4,5)14-7-15-24(21,6)16-19/h18-21,25H,7-17H2,1-6H3. The lowest BCUT2D eigenvalue weighted by Gasteiger charge is -2.55. The second-order valence-electron chi connectivity index (χ2n) is 11.8. The zero-order valence-electron chi connectivity index (χ0n) is 18.5. The number of hydrogen-bond donors (Lipinski definition) is 1. The molecular formula is C24H45NO. The van der Waals surface area contributed by atoms with Crippen LogP contribution in [0.3, 0.4) is 0 Å². The van der Waals surface area contributed by atoms with Crippen molar-refractivity contribution in [3.05, 3.63) is 0 Å². The van der Waals surface area contributed by atoms with Crippen LogP contribution in [0.15, 0.2) is 0 Å². The highest BCUT2D eigenvalue weighted by Gasteiger charge is 2.49. The van der Waals surface area contributed by atoms with Crippen molar-refractivity contribution in [2.75, 3.05) is 6.54 Å². The molecule has 3 aliphatic carbocycles. The molecule has 0 radical (unpaired) electrons. The van der Waals surface area contributed by atoms with Gasteiger partial charge in [0.1, 0.15) is 0 Å². The minimum Gasteiger partial charge on any atom is -0.373 e. The van der Waals surface area contributed by atoms with Gasteiger partial charge in [0.25, 0.3) is 0 Å². The predicted molar refractivity (Wildman–Crippen MR) is 111 cm³/mol. The van der Waals surface area contributed by atoms with Crippen molar-refractivity contribution in [2.24, 2.45) is 22.7 Å². The summed E-state index contributed by atoms with van der Waals surface area (Å²) in [5.74, 6) is 1.80. The summed E-state index contributed by atoms with van der Waals surface area (Å²) in [7, 11) is 0. The minimum absolute atomic E-state index is 0.0115. The summed E-state index contributed by atoms with van der Waals surface area (Å²) in [4.78, 5) is 0. The van der Waals surface area contributed by atoms with Gasteiger partial charge in [0.15, 0.2) is 0 Å². The zero-order valence-corrected chi connectivity index (χ0v) is 18.5. The topological polar surface area (TPSA) is 21.3 Å². The van der Waals surface area contributed by atoms with Gasteiger partial charge in [-0.2, -0.15) is 0 Å². The van der Waals surface area contributed by atoms with Crippen molar-refractivity contribution < 1.29 is 4.74 Å². The zero-order chi connectivity index (χ0) is 19.0. The number of hydrogen-bond acceptors (Lipinski definition) is 2. The Morgan fingerprint density at radius 1 is 0.923 bits per heavy atom. The van der Waals surface area contributed by atoms with E-state index in [2.05, 4.69) is 46.9 Å². The van der Waals surface area contributed by atoms with Crippen molar-refractivity contribution in [3.63, 3.8) is 0 Å². The molecule has 0 bridgehead atoms. The molecule has 3 aliphatic rings. The van der Waals surface area contributed by atoms with Gasteiger partial charge < -0.3 is 10.1 Å². The maximum Gasteiger partial charge on any atom is 0.0602 e. The first-order chi connectivity index (χ1) is 12.1. The van der Waals surface area contributed by atoms with E-state index in [-0.39, 0.29) is 5.60 Å². The summed E-state index contributed by atoms with van der Waals surface area (Å²) in [6.07, 6.45) is 14.2. The normalized spacial score (nSPS) is 40.8. The molecule has 0 amide bonds. The third-order valence-electron chi connectivity index (χ3n) is 7.88. The van der Waals surface area contributed by atoms with Crippen molar-refractivity contribution >= 4 is 0 Å². The van der Waals surface area contributed by atoms with E-state index < -0.39 is 0 Å². The molecule has 3 unspecified atom stereocenters. The Bertz CT molecular complexity index is 457. The van der Waals surface area contributed by atoms with Crippen molar-refractivity contribution in [1.29, 1.82) is 0 Å². The molecule has 2 nitrogen and oxygen atoms in total. The van der Waals surface area contributed by atoms with E-state index in [0.717, 1.165) is 17.9 Å². The first kappa shape index (κ1) is 20.6. The number of nitrogens with one attached hydrogen (secondary N) is 1. The molecule has 0 heterocycles. The Labute approximate surface area is 163 Å². The van der Waals surface area contributed by atoms with Crippen molar-refractivity contribution in [1.82, 2.24) is 5.32 Å². The SMILES string of the molecule is CC(C)(C)OC1CCC(CNC2CCC3C(C)(C)CCCC3(C)C2)CC1. The fraction of sp³-hybridized carbons (Fsp3) is 1.00. The van der Waals surface area contributed by atoms with E-state index >= 15 is 0 Å². The molecule has 0 spiro atoms. The lowest BCUT2D eigenvalue weighted by Crippen LogP contribution is -2.50. The van der Waals surface area contributed by atoms with Gasteiger partial charge in [-0.1, -0.05) is 27.2 Å². The second kappa shape index (κ2) is 7.74. The summed E-state index contributed by atoms with van der Waals surface area (Å²) in [6.45, 7) is 15.4. The molecule has 3 atom stereocenters. The summed E-state index contributed by atoms with van der Waals surface area (Å²) in [6, 6.07) is 0.758. The van der Waals surface area contributed by atoms with Crippen LogP contribution in [0.1, 0.15) is 106 Å². The quantitative estimate of drug-likeness (QED) is 0.629. The van der Waals surface area contributed by atoms with E-state index in [1.54, 1.807) is 0 Å². The molecule has 0 aromatic carbocycles. The number of fused-ring (bicyclic) bond motifs is 1. The maximum atomic E-state index is 6.19. The molecule has 0 aromatic heterocycles. The largest absolute Gasteiger partial charge is 0.373 e. The molecule has 1 N–H and O–H groups in total. The summed E-state index contributed by atoms with van der Waals surface area (Å²) in [5, 5.41) is 4.00. The highest BCUT2D eigenvalue weighted by molar-refractivity contribution is 5.00. The third kappa shape index (κ3) is 5.04. The summed E-state index contributed by atoms with van der Waals surface area (Å²) in [5.41, 5.74) is 1.15. The summed E-state index contributed by atoms with van der Waals surface area (Å²) >= 11 is 0. The van der Waals surface area contributed by atoms with E-state index in [1.807, 2.05) is 0 Å². The van der Waals surface area contributed by atoms with Gasteiger partial charge in [0.05, 0.1) is 11.7 Å². The van der Waals surface area contributed by atoms with Crippen molar-refractivity contribution in [3.8, 4) is 0 Å². The van der Waals surface area contributed by atoms with Gasteiger partial charge in [0.2, 0.25) is 0 Å². The van der Waals surface area contributed by atoms with Crippen LogP contribution in [0, 0.1) is 22.7 Å². The average molecular weight is 364 g/mol. The van der Waals surface area contributed by atoms with Gasteiger partial charge >= 0.3 is 0 Å². The van der Waals surface area contributed by atoms with E-state index in [0.29, 0.717) is 16.9 Å². The lowest BCUT2D eigenvalue weighted by molar-refractivity contribution is -0.0785. The molecule has 3 fully saturated rings. The van der Waals surface area contributed by atoms with Crippen molar-refractivity contribution in [2.45, 2.75) is 123 Å². The van der Waals surface area contributed by atoms with Crippen LogP contribution in [0.25, 0.3) is 0 Å². The van der Waals surface area contributed by atoms with Crippen LogP contribution < -0.4 is 5.32 Å². The van der Waals surface area contributed by atoms with E-state index in [9.17, 15) is 0 Å². The van der Waals surface area contributed by atoms with E-state index in [4.69, 9.17) is 4.74 Å². The molecule has 0 aromatic rings. The van der Waals surface area contributed by atoms with Crippen LogP contribution >= 0.6 is 0 Å². The molecule has 152 valence electrons. The monoisotopic (exact) mass is 363 g/mol. The van der Waals surface area contributed by atoms with Gasteiger partial charge in [-0.05, 0) is 108 Å².